The van der Waals surface area contributed by atoms with Gasteiger partial charge in [-0.3, -0.25) is 9.36 Å². The zero-order valence-electron chi connectivity index (χ0n) is 20.2. The van der Waals surface area contributed by atoms with E-state index in [4.69, 9.17) is 9.97 Å². The van der Waals surface area contributed by atoms with Crippen molar-refractivity contribution in [2.45, 2.75) is 33.6 Å². The summed E-state index contributed by atoms with van der Waals surface area (Å²) in [6.45, 7) is 11.0. The molecule has 34 heavy (non-hydrogen) atoms. The van der Waals surface area contributed by atoms with E-state index in [-0.39, 0.29) is 11.8 Å². The summed E-state index contributed by atoms with van der Waals surface area (Å²) in [5, 5.41) is 0. The smallest absolute Gasteiger partial charge is 0.254 e. The highest BCUT2D eigenvalue weighted by Gasteiger charge is 2.24. The van der Waals surface area contributed by atoms with Crippen LogP contribution in [0.3, 0.4) is 0 Å². The standard InChI is InChI=1S/C27H30N6O/c1-18(2)26-28-19(3)16-25(30-26)31-12-14-32(15-13-31)27(34)21-10-11-24-23(17-21)29-20(4)33(24)22-8-6-5-7-9-22/h5-11,16-18H,12-15H2,1-4H3. The number of amides is 1. The zero-order chi connectivity index (χ0) is 23.8. The number of nitrogens with zero attached hydrogens (tertiary/aromatic N) is 6. The first-order valence-electron chi connectivity index (χ1n) is 11.8. The SMILES string of the molecule is Cc1cc(N2CCN(C(=O)c3ccc4c(c3)nc(C)n4-c3ccccc3)CC2)nc(C(C)C)n1. The van der Waals surface area contributed by atoms with Crippen LogP contribution in [0.4, 0.5) is 5.82 Å². The monoisotopic (exact) mass is 454 g/mol. The van der Waals surface area contributed by atoms with Crippen LogP contribution in [0.5, 0.6) is 0 Å². The number of aryl methyl sites for hydroxylation is 2. The van der Waals surface area contributed by atoms with Gasteiger partial charge in [0, 0.05) is 55.1 Å². The molecule has 0 spiro atoms. The third-order valence-corrected chi connectivity index (χ3v) is 6.35. The maximum Gasteiger partial charge on any atom is 0.254 e. The van der Waals surface area contributed by atoms with Crippen LogP contribution in [0.2, 0.25) is 0 Å². The molecular weight excluding hydrogens is 424 g/mol. The van der Waals surface area contributed by atoms with E-state index >= 15 is 0 Å². The largest absolute Gasteiger partial charge is 0.353 e. The molecule has 0 radical (unpaired) electrons. The van der Waals surface area contributed by atoms with Crippen LogP contribution in [-0.2, 0) is 0 Å². The maximum absolute atomic E-state index is 13.3. The van der Waals surface area contributed by atoms with Crippen molar-refractivity contribution in [3.63, 3.8) is 0 Å². The number of rotatable bonds is 4. The molecule has 7 heteroatoms. The van der Waals surface area contributed by atoms with Crippen LogP contribution in [-0.4, -0.2) is 56.5 Å². The highest BCUT2D eigenvalue weighted by Crippen LogP contribution is 2.24. The first kappa shape index (κ1) is 22.1. The normalized spacial score (nSPS) is 14.3. The molecule has 0 atom stereocenters. The number of piperazine rings is 1. The Kier molecular flexibility index (Phi) is 5.77. The van der Waals surface area contributed by atoms with Gasteiger partial charge in [-0.15, -0.1) is 0 Å². The first-order chi connectivity index (χ1) is 16.4. The summed E-state index contributed by atoms with van der Waals surface area (Å²) < 4.78 is 2.12. The van der Waals surface area contributed by atoms with E-state index in [1.54, 1.807) is 0 Å². The van der Waals surface area contributed by atoms with E-state index < -0.39 is 0 Å². The summed E-state index contributed by atoms with van der Waals surface area (Å²) >= 11 is 0. The Morgan fingerprint density at radius 2 is 1.62 bits per heavy atom. The fraction of sp³-hybridized carbons (Fsp3) is 0.333. The third kappa shape index (κ3) is 4.14. The Bertz CT molecular complexity index is 1340. The summed E-state index contributed by atoms with van der Waals surface area (Å²) in [5.74, 6) is 3.06. The van der Waals surface area contributed by atoms with Crippen LogP contribution < -0.4 is 4.90 Å². The minimum Gasteiger partial charge on any atom is -0.353 e. The van der Waals surface area contributed by atoms with Crippen LogP contribution in [0.15, 0.2) is 54.6 Å². The molecule has 1 saturated heterocycles. The second-order valence-electron chi connectivity index (χ2n) is 9.19. The molecule has 2 aromatic heterocycles. The summed E-state index contributed by atoms with van der Waals surface area (Å²) in [5.41, 5.74) is 4.57. The van der Waals surface area contributed by atoms with Crippen molar-refractivity contribution in [1.29, 1.82) is 0 Å². The second-order valence-corrected chi connectivity index (χ2v) is 9.19. The van der Waals surface area contributed by atoms with Gasteiger partial charge in [0.2, 0.25) is 0 Å². The van der Waals surface area contributed by atoms with E-state index in [1.165, 1.54) is 0 Å². The van der Waals surface area contributed by atoms with Gasteiger partial charge in [-0.2, -0.15) is 0 Å². The predicted molar refractivity (Wildman–Crippen MR) is 135 cm³/mol. The molecule has 0 N–H and O–H groups in total. The average Bonchev–Trinajstić information content (AvgIpc) is 3.18. The van der Waals surface area contributed by atoms with Gasteiger partial charge in [-0.25, -0.2) is 15.0 Å². The summed E-state index contributed by atoms with van der Waals surface area (Å²) in [6, 6.07) is 18.0. The van der Waals surface area contributed by atoms with E-state index in [1.807, 2.05) is 61.2 Å². The van der Waals surface area contributed by atoms with Gasteiger partial charge in [0.1, 0.15) is 17.5 Å². The molecule has 1 aliphatic rings. The number of hydrogen-bond acceptors (Lipinski definition) is 5. The molecule has 1 fully saturated rings. The minimum absolute atomic E-state index is 0.0511. The van der Waals surface area contributed by atoms with Crippen LogP contribution >= 0.6 is 0 Å². The van der Waals surface area contributed by atoms with Crippen molar-refractivity contribution in [3.8, 4) is 5.69 Å². The lowest BCUT2D eigenvalue weighted by molar-refractivity contribution is 0.0746. The number of fused-ring (bicyclic) bond motifs is 1. The lowest BCUT2D eigenvalue weighted by Gasteiger charge is -2.35. The number of para-hydroxylation sites is 1. The maximum atomic E-state index is 13.3. The van der Waals surface area contributed by atoms with Gasteiger partial charge in [0.05, 0.1) is 11.0 Å². The lowest BCUT2D eigenvalue weighted by atomic mass is 10.1. The molecule has 0 bridgehead atoms. The zero-order valence-corrected chi connectivity index (χ0v) is 20.2. The van der Waals surface area contributed by atoms with Crippen molar-refractivity contribution in [3.05, 3.63) is 77.5 Å². The van der Waals surface area contributed by atoms with Gasteiger partial charge < -0.3 is 9.80 Å². The molecule has 5 rings (SSSR count). The van der Waals surface area contributed by atoms with Crippen molar-refractivity contribution in [2.75, 3.05) is 31.1 Å². The predicted octanol–water partition coefficient (Wildman–Crippen LogP) is 4.52. The molecule has 2 aromatic carbocycles. The van der Waals surface area contributed by atoms with Crippen LogP contribution in [0.1, 0.15) is 47.5 Å². The van der Waals surface area contributed by atoms with Crippen molar-refractivity contribution < 1.29 is 4.79 Å². The van der Waals surface area contributed by atoms with Crippen molar-refractivity contribution in [1.82, 2.24) is 24.4 Å². The highest BCUT2D eigenvalue weighted by molar-refractivity contribution is 5.97. The fourth-order valence-corrected chi connectivity index (χ4v) is 4.55. The number of carbonyl (C=O) groups is 1. The Labute approximate surface area is 200 Å². The van der Waals surface area contributed by atoms with E-state index in [9.17, 15) is 4.79 Å². The van der Waals surface area contributed by atoms with Crippen LogP contribution in [0, 0.1) is 13.8 Å². The highest BCUT2D eigenvalue weighted by atomic mass is 16.2. The van der Waals surface area contributed by atoms with Gasteiger partial charge in [-0.05, 0) is 44.2 Å². The Balaban J connectivity index is 1.33. The summed E-state index contributed by atoms with van der Waals surface area (Å²) in [7, 11) is 0. The van der Waals surface area contributed by atoms with Gasteiger partial charge in [0.15, 0.2) is 0 Å². The molecule has 1 amide bonds. The Hall–Kier alpha value is -3.74. The van der Waals surface area contributed by atoms with Crippen LogP contribution in [0.25, 0.3) is 16.7 Å². The average molecular weight is 455 g/mol. The molecule has 0 saturated carbocycles. The molecule has 3 heterocycles. The molecule has 174 valence electrons. The second kappa shape index (κ2) is 8.89. The number of benzene rings is 2. The van der Waals surface area contributed by atoms with Gasteiger partial charge in [-0.1, -0.05) is 32.0 Å². The number of imidazole rings is 1. The van der Waals surface area contributed by atoms with E-state index in [0.717, 1.165) is 53.0 Å². The lowest BCUT2D eigenvalue weighted by Crippen LogP contribution is -2.49. The number of carbonyl (C=O) groups excluding carboxylic acids is 1. The Morgan fingerprint density at radius 3 is 2.32 bits per heavy atom. The number of aromatic nitrogens is 4. The minimum atomic E-state index is 0.0511. The topological polar surface area (TPSA) is 67.2 Å². The number of hydrogen-bond donors (Lipinski definition) is 0. The summed E-state index contributed by atoms with van der Waals surface area (Å²) in [6.07, 6.45) is 0. The number of anilines is 1. The van der Waals surface area contributed by atoms with E-state index in [2.05, 4.69) is 40.4 Å². The van der Waals surface area contributed by atoms with Crippen molar-refractivity contribution >= 4 is 22.8 Å². The quantitative estimate of drug-likeness (QED) is 0.454. The Morgan fingerprint density at radius 1 is 0.882 bits per heavy atom. The van der Waals surface area contributed by atoms with Gasteiger partial charge in [0.25, 0.3) is 5.91 Å². The molecule has 1 aliphatic heterocycles. The van der Waals surface area contributed by atoms with Crippen molar-refractivity contribution in [2.24, 2.45) is 0 Å². The van der Waals surface area contributed by atoms with E-state index in [0.29, 0.717) is 18.7 Å². The molecular formula is C27H30N6O. The third-order valence-electron chi connectivity index (χ3n) is 6.35. The fourth-order valence-electron chi connectivity index (χ4n) is 4.55. The summed E-state index contributed by atoms with van der Waals surface area (Å²) in [4.78, 5) is 31.5. The molecule has 0 unspecified atom stereocenters. The first-order valence-corrected chi connectivity index (χ1v) is 11.8. The van der Waals surface area contributed by atoms with Gasteiger partial charge >= 0.3 is 0 Å². The molecule has 4 aromatic rings. The molecule has 7 nitrogen and oxygen atoms in total. The molecule has 0 aliphatic carbocycles.